The molecule has 94 valence electrons. The van der Waals surface area contributed by atoms with Crippen molar-refractivity contribution in [1.29, 1.82) is 0 Å². The van der Waals surface area contributed by atoms with E-state index in [1.807, 2.05) is 0 Å². The highest BCUT2D eigenvalue weighted by molar-refractivity contribution is 5.94. The molecule has 0 saturated heterocycles. The van der Waals surface area contributed by atoms with Crippen molar-refractivity contribution < 1.29 is 0 Å². The molecule has 2 aliphatic rings. The first kappa shape index (κ1) is 11.0. The van der Waals surface area contributed by atoms with E-state index in [4.69, 9.17) is 0 Å². The molecule has 0 spiro atoms. The van der Waals surface area contributed by atoms with Crippen LogP contribution in [0, 0.1) is 0 Å². The molecular formula is C19H18. The molecule has 2 aliphatic carbocycles. The highest BCUT2D eigenvalue weighted by Gasteiger charge is 2.22. The summed E-state index contributed by atoms with van der Waals surface area (Å²) < 4.78 is 0. The molecule has 0 fully saturated rings. The molecule has 4 rings (SSSR count). The van der Waals surface area contributed by atoms with Crippen LogP contribution in [0.1, 0.15) is 41.5 Å². The van der Waals surface area contributed by atoms with Crippen molar-refractivity contribution in [3.05, 3.63) is 70.8 Å². The summed E-state index contributed by atoms with van der Waals surface area (Å²) in [5.41, 5.74) is 9.33. The number of benzene rings is 2. The van der Waals surface area contributed by atoms with Crippen LogP contribution in [-0.2, 0) is 12.8 Å². The minimum absolute atomic E-state index is 1.22. The Bertz CT molecular complexity index is 661. The average molecular weight is 246 g/mol. The van der Waals surface area contributed by atoms with Crippen LogP contribution in [0.5, 0.6) is 0 Å². The highest BCUT2D eigenvalue weighted by Crippen LogP contribution is 2.42. The van der Waals surface area contributed by atoms with E-state index in [-0.39, 0.29) is 0 Å². The first-order chi connectivity index (χ1) is 9.43. The van der Waals surface area contributed by atoms with E-state index < -0.39 is 0 Å². The van der Waals surface area contributed by atoms with Crippen molar-refractivity contribution in [1.82, 2.24) is 0 Å². The largest absolute Gasteiger partial charge is 0.0620 e. The van der Waals surface area contributed by atoms with Crippen molar-refractivity contribution in [2.45, 2.75) is 32.1 Å². The minimum atomic E-state index is 1.22. The van der Waals surface area contributed by atoms with E-state index in [1.165, 1.54) is 48.8 Å². The summed E-state index contributed by atoms with van der Waals surface area (Å²) in [6, 6.07) is 17.9. The van der Waals surface area contributed by atoms with Gasteiger partial charge >= 0.3 is 0 Å². The zero-order chi connectivity index (χ0) is 12.7. The normalized spacial score (nSPS) is 21.1. The highest BCUT2D eigenvalue weighted by atomic mass is 14.3. The maximum absolute atomic E-state index is 2.32. The lowest BCUT2D eigenvalue weighted by molar-refractivity contribution is 0.821. The topological polar surface area (TPSA) is 0 Å². The van der Waals surface area contributed by atoms with Gasteiger partial charge in [0.05, 0.1) is 0 Å². The molecule has 0 bridgehead atoms. The summed E-state index contributed by atoms with van der Waals surface area (Å²) in [5.74, 6) is 0. The average Bonchev–Trinajstić information content (AvgIpc) is 2.90. The molecule has 0 N–H and O–H groups in total. The standard InChI is InChI=1S/C19H18/c1-3-9-16-14(6-1)8-5-11-18(16)19-13-12-15-7-2-4-10-17(15)19/h1-4,6-7,9-10H,5,8,11-13H2/b19-18+. The van der Waals surface area contributed by atoms with Gasteiger partial charge in [-0.3, -0.25) is 0 Å². The Labute approximate surface area is 114 Å². The van der Waals surface area contributed by atoms with E-state index in [9.17, 15) is 0 Å². The summed E-state index contributed by atoms with van der Waals surface area (Å²) in [5, 5.41) is 0. The Balaban J connectivity index is 1.93. The van der Waals surface area contributed by atoms with Gasteiger partial charge in [-0.15, -0.1) is 0 Å². The second kappa shape index (κ2) is 4.38. The molecular weight excluding hydrogens is 228 g/mol. The van der Waals surface area contributed by atoms with Crippen LogP contribution >= 0.6 is 0 Å². The number of hydrogen-bond acceptors (Lipinski definition) is 0. The zero-order valence-corrected chi connectivity index (χ0v) is 11.2. The third-order valence-corrected chi connectivity index (χ3v) is 4.57. The fourth-order valence-corrected chi connectivity index (χ4v) is 3.68. The number of fused-ring (bicyclic) bond motifs is 2. The van der Waals surface area contributed by atoms with E-state index in [0.717, 1.165) is 0 Å². The molecule has 0 radical (unpaired) electrons. The number of allylic oxidation sites excluding steroid dienone is 2. The lowest BCUT2D eigenvalue weighted by Gasteiger charge is -2.21. The molecule has 0 amide bonds. The summed E-state index contributed by atoms with van der Waals surface area (Å²) >= 11 is 0. The summed E-state index contributed by atoms with van der Waals surface area (Å²) in [7, 11) is 0. The predicted molar refractivity (Wildman–Crippen MR) is 81.0 cm³/mol. The van der Waals surface area contributed by atoms with Gasteiger partial charge in [-0.1, -0.05) is 48.5 Å². The van der Waals surface area contributed by atoms with Crippen molar-refractivity contribution in [2.24, 2.45) is 0 Å². The second-order valence-electron chi connectivity index (χ2n) is 5.62. The molecule has 0 unspecified atom stereocenters. The molecule has 0 aliphatic heterocycles. The van der Waals surface area contributed by atoms with Gasteiger partial charge in [0.1, 0.15) is 0 Å². The lowest BCUT2D eigenvalue weighted by atomic mass is 9.83. The van der Waals surface area contributed by atoms with Gasteiger partial charge in [0.15, 0.2) is 0 Å². The van der Waals surface area contributed by atoms with E-state index in [2.05, 4.69) is 48.5 Å². The fraction of sp³-hybridized carbons (Fsp3) is 0.263. The van der Waals surface area contributed by atoms with Crippen LogP contribution < -0.4 is 0 Å². The predicted octanol–water partition coefficient (Wildman–Crippen LogP) is 4.88. The molecule has 0 atom stereocenters. The van der Waals surface area contributed by atoms with Crippen molar-refractivity contribution in [2.75, 3.05) is 0 Å². The monoisotopic (exact) mass is 246 g/mol. The smallest absolute Gasteiger partial charge is 0.0189 e. The van der Waals surface area contributed by atoms with Gasteiger partial charge in [-0.25, -0.2) is 0 Å². The Morgan fingerprint density at radius 1 is 0.526 bits per heavy atom. The maximum atomic E-state index is 2.32. The van der Waals surface area contributed by atoms with Crippen LogP contribution in [0.15, 0.2) is 48.5 Å². The van der Waals surface area contributed by atoms with Gasteiger partial charge < -0.3 is 0 Å². The molecule has 19 heavy (non-hydrogen) atoms. The van der Waals surface area contributed by atoms with E-state index in [1.54, 1.807) is 16.7 Å². The first-order valence-corrected chi connectivity index (χ1v) is 7.32. The van der Waals surface area contributed by atoms with Crippen LogP contribution in [0.25, 0.3) is 11.1 Å². The third-order valence-electron chi connectivity index (χ3n) is 4.57. The van der Waals surface area contributed by atoms with Gasteiger partial charge in [-0.05, 0) is 65.5 Å². The summed E-state index contributed by atoms with van der Waals surface area (Å²) in [4.78, 5) is 0. The van der Waals surface area contributed by atoms with Crippen molar-refractivity contribution in [3.8, 4) is 0 Å². The van der Waals surface area contributed by atoms with Crippen LogP contribution in [0.4, 0.5) is 0 Å². The quantitative estimate of drug-likeness (QED) is 0.621. The fourth-order valence-electron chi connectivity index (χ4n) is 3.68. The number of rotatable bonds is 0. The van der Waals surface area contributed by atoms with Gasteiger partial charge in [0.2, 0.25) is 0 Å². The Morgan fingerprint density at radius 3 is 1.84 bits per heavy atom. The van der Waals surface area contributed by atoms with Gasteiger partial charge in [-0.2, -0.15) is 0 Å². The third kappa shape index (κ3) is 1.74. The van der Waals surface area contributed by atoms with E-state index >= 15 is 0 Å². The molecule has 0 heterocycles. The van der Waals surface area contributed by atoms with Crippen molar-refractivity contribution in [3.63, 3.8) is 0 Å². The SMILES string of the molecule is c1ccc2c(c1)CCC/C2=C1/CCc2ccccc21. The lowest BCUT2D eigenvalue weighted by Crippen LogP contribution is -2.03. The van der Waals surface area contributed by atoms with Crippen LogP contribution in [-0.4, -0.2) is 0 Å². The summed E-state index contributed by atoms with van der Waals surface area (Å²) in [6.45, 7) is 0. The maximum Gasteiger partial charge on any atom is -0.0189 e. The number of hydrogen-bond donors (Lipinski definition) is 0. The molecule has 0 heteroatoms. The Hall–Kier alpha value is -1.82. The van der Waals surface area contributed by atoms with Gasteiger partial charge in [0.25, 0.3) is 0 Å². The first-order valence-electron chi connectivity index (χ1n) is 7.32. The summed E-state index contributed by atoms with van der Waals surface area (Å²) in [6.07, 6.45) is 6.24. The molecule has 0 nitrogen and oxygen atoms in total. The second-order valence-corrected chi connectivity index (χ2v) is 5.62. The molecule has 2 aromatic carbocycles. The van der Waals surface area contributed by atoms with Gasteiger partial charge in [0, 0.05) is 0 Å². The Morgan fingerprint density at radius 2 is 1.11 bits per heavy atom. The van der Waals surface area contributed by atoms with E-state index in [0.29, 0.717) is 0 Å². The van der Waals surface area contributed by atoms with Crippen LogP contribution in [0.3, 0.4) is 0 Å². The Kier molecular flexibility index (Phi) is 2.55. The molecule has 0 saturated carbocycles. The van der Waals surface area contributed by atoms with Crippen molar-refractivity contribution >= 4 is 11.1 Å². The minimum Gasteiger partial charge on any atom is -0.0620 e. The number of aryl methyl sites for hydroxylation is 2. The zero-order valence-electron chi connectivity index (χ0n) is 11.2. The molecule has 2 aromatic rings. The van der Waals surface area contributed by atoms with Crippen LogP contribution in [0.2, 0.25) is 0 Å². The molecule has 0 aromatic heterocycles.